The van der Waals surface area contributed by atoms with Gasteiger partial charge in [0, 0.05) is 6.61 Å². The summed E-state index contributed by atoms with van der Waals surface area (Å²) in [7, 11) is 0. The zero-order chi connectivity index (χ0) is 15.6. The molecule has 1 N–H and O–H groups in total. The van der Waals surface area contributed by atoms with Gasteiger partial charge in [-0.15, -0.1) is 0 Å². The van der Waals surface area contributed by atoms with E-state index in [1.807, 2.05) is 18.2 Å². The fourth-order valence-corrected chi connectivity index (χ4v) is 3.44. The predicted octanol–water partition coefficient (Wildman–Crippen LogP) is 3.78. The normalized spacial score (nSPS) is 17.5. The first-order valence-corrected chi connectivity index (χ1v) is 8.14. The summed E-state index contributed by atoms with van der Waals surface area (Å²) in [5, 5.41) is 3.33. The molecule has 0 bridgehead atoms. The Morgan fingerprint density at radius 3 is 2.65 bits per heavy atom. The molecule has 4 heterocycles. The molecule has 1 aliphatic rings. The van der Waals surface area contributed by atoms with Gasteiger partial charge in [0.2, 0.25) is 0 Å². The second-order valence-corrected chi connectivity index (χ2v) is 6.14. The maximum Gasteiger partial charge on any atom is 0.255 e. The van der Waals surface area contributed by atoms with Crippen molar-refractivity contribution in [3.63, 3.8) is 0 Å². The van der Waals surface area contributed by atoms with E-state index in [9.17, 15) is 4.79 Å². The van der Waals surface area contributed by atoms with Gasteiger partial charge in [-0.1, -0.05) is 11.3 Å². The van der Waals surface area contributed by atoms with E-state index in [-0.39, 0.29) is 5.91 Å². The lowest BCUT2D eigenvalue weighted by Crippen LogP contribution is -2.26. The van der Waals surface area contributed by atoms with E-state index in [0.717, 1.165) is 17.7 Å². The summed E-state index contributed by atoms with van der Waals surface area (Å²) in [4.78, 5) is 17.5. The minimum atomic E-state index is -0.391. The number of nitrogens with zero attached hydrogens (tertiary/aromatic N) is 1. The Hall–Kier alpha value is -2.38. The summed E-state index contributed by atoms with van der Waals surface area (Å²) in [5.41, 5.74) is 0.651. The summed E-state index contributed by atoms with van der Waals surface area (Å²) < 4.78 is 16.3. The first kappa shape index (κ1) is 14.2. The molecule has 1 unspecified atom stereocenters. The SMILES string of the molecule is O=C(Nc1nc(-c2ccco2)c(-c2ccco2)s1)C1CCCO1. The largest absolute Gasteiger partial charge is 0.463 e. The summed E-state index contributed by atoms with van der Waals surface area (Å²) in [6.07, 6.45) is 4.45. The van der Waals surface area contributed by atoms with Crippen LogP contribution in [-0.4, -0.2) is 23.6 Å². The van der Waals surface area contributed by atoms with Crippen LogP contribution in [0.25, 0.3) is 22.1 Å². The average molecular weight is 330 g/mol. The average Bonchev–Trinajstić information content (AvgIpc) is 3.30. The summed E-state index contributed by atoms with van der Waals surface area (Å²) in [6, 6.07) is 7.29. The van der Waals surface area contributed by atoms with Gasteiger partial charge in [0.05, 0.1) is 12.5 Å². The van der Waals surface area contributed by atoms with Gasteiger partial charge in [-0.2, -0.15) is 0 Å². The molecule has 0 aromatic carbocycles. The molecule has 3 aromatic heterocycles. The molecule has 0 saturated carbocycles. The Bertz CT molecular complexity index is 735. The van der Waals surface area contributed by atoms with Gasteiger partial charge in [-0.3, -0.25) is 10.1 Å². The Morgan fingerprint density at radius 1 is 1.22 bits per heavy atom. The summed E-state index contributed by atoms with van der Waals surface area (Å²) in [6.45, 7) is 0.630. The number of aromatic nitrogens is 1. The van der Waals surface area contributed by atoms with Gasteiger partial charge in [-0.25, -0.2) is 4.98 Å². The van der Waals surface area contributed by atoms with Crippen LogP contribution < -0.4 is 5.32 Å². The molecule has 1 fully saturated rings. The third kappa shape index (κ3) is 2.80. The topological polar surface area (TPSA) is 77.5 Å². The molecule has 1 amide bonds. The third-order valence-corrected chi connectivity index (χ3v) is 4.56. The second kappa shape index (κ2) is 6.02. The molecule has 23 heavy (non-hydrogen) atoms. The third-order valence-electron chi connectivity index (χ3n) is 3.58. The van der Waals surface area contributed by atoms with Crippen LogP contribution in [-0.2, 0) is 9.53 Å². The van der Waals surface area contributed by atoms with Crippen molar-refractivity contribution in [2.24, 2.45) is 0 Å². The van der Waals surface area contributed by atoms with Crippen molar-refractivity contribution >= 4 is 22.4 Å². The van der Waals surface area contributed by atoms with Crippen LogP contribution in [0.15, 0.2) is 45.6 Å². The predicted molar refractivity (Wildman–Crippen MR) is 85.1 cm³/mol. The molecular weight excluding hydrogens is 316 g/mol. The first-order valence-electron chi connectivity index (χ1n) is 7.32. The number of nitrogens with one attached hydrogen (secondary N) is 1. The van der Waals surface area contributed by atoms with Crippen molar-refractivity contribution in [1.82, 2.24) is 4.98 Å². The lowest BCUT2D eigenvalue weighted by molar-refractivity contribution is -0.124. The van der Waals surface area contributed by atoms with E-state index in [1.165, 1.54) is 11.3 Å². The molecule has 6 nitrogen and oxygen atoms in total. The number of carbonyl (C=O) groups excluding carboxylic acids is 1. The van der Waals surface area contributed by atoms with Crippen LogP contribution in [0.4, 0.5) is 5.13 Å². The van der Waals surface area contributed by atoms with Crippen molar-refractivity contribution in [2.75, 3.05) is 11.9 Å². The molecule has 1 atom stereocenters. The highest BCUT2D eigenvalue weighted by atomic mass is 32.1. The second-order valence-electron chi connectivity index (χ2n) is 5.14. The molecule has 0 aliphatic carbocycles. The molecule has 1 saturated heterocycles. The zero-order valence-electron chi connectivity index (χ0n) is 12.2. The summed E-state index contributed by atoms with van der Waals surface area (Å²) in [5.74, 6) is 1.16. The lowest BCUT2D eigenvalue weighted by Gasteiger charge is -2.07. The molecule has 4 rings (SSSR count). The number of ether oxygens (including phenoxy) is 1. The van der Waals surface area contributed by atoms with Gasteiger partial charge in [0.15, 0.2) is 10.9 Å². The van der Waals surface area contributed by atoms with E-state index in [0.29, 0.717) is 29.0 Å². The molecule has 3 aromatic rings. The van der Waals surface area contributed by atoms with E-state index in [2.05, 4.69) is 10.3 Å². The van der Waals surface area contributed by atoms with Crippen LogP contribution in [0.5, 0.6) is 0 Å². The molecule has 0 radical (unpaired) electrons. The maximum atomic E-state index is 12.2. The number of rotatable bonds is 4. The standard InChI is InChI=1S/C16H14N2O4S/c19-15(12-6-3-9-22-12)18-16-17-13(10-4-1-7-20-10)14(23-16)11-5-2-8-21-11/h1-2,4-5,7-8,12H,3,6,9H2,(H,17,18,19). The number of hydrogen-bond donors (Lipinski definition) is 1. The van der Waals surface area contributed by atoms with E-state index in [4.69, 9.17) is 13.6 Å². The van der Waals surface area contributed by atoms with Crippen LogP contribution in [0.2, 0.25) is 0 Å². The van der Waals surface area contributed by atoms with E-state index >= 15 is 0 Å². The van der Waals surface area contributed by atoms with Crippen molar-refractivity contribution in [3.8, 4) is 22.1 Å². The quantitative estimate of drug-likeness (QED) is 0.787. The number of carbonyl (C=O) groups is 1. The van der Waals surface area contributed by atoms with Crippen LogP contribution in [0.3, 0.4) is 0 Å². The Labute approximate surface area is 136 Å². The Morgan fingerprint density at radius 2 is 2.00 bits per heavy atom. The van der Waals surface area contributed by atoms with Crippen molar-refractivity contribution in [3.05, 3.63) is 36.8 Å². The summed E-state index contributed by atoms with van der Waals surface area (Å²) >= 11 is 1.35. The molecule has 0 spiro atoms. The van der Waals surface area contributed by atoms with Gasteiger partial charge >= 0.3 is 0 Å². The highest BCUT2D eigenvalue weighted by Crippen LogP contribution is 2.39. The number of hydrogen-bond acceptors (Lipinski definition) is 6. The van der Waals surface area contributed by atoms with Gasteiger partial charge in [0.25, 0.3) is 5.91 Å². The molecule has 1 aliphatic heterocycles. The minimum Gasteiger partial charge on any atom is -0.463 e. The van der Waals surface area contributed by atoms with Gasteiger partial charge in [0.1, 0.15) is 22.4 Å². The number of amides is 1. The van der Waals surface area contributed by atoms with Crippen molar-refractivity contribution < 1.29 is 18.4 Å². The highest BCUT2D eigenvalue weighted by Gasteiger charge is 2.26. The molecule has 7 heteroatoms. The monoisotopic (exact) mass is 330 g/mol. The smallest absolute Gasteiger partial charge is 0.255 e. The number of anilines is 1. The Kier molecular flexibility index (Phi) is 3.72. The maximum absolute atomic E-state index is 12.2. The van der Waals surface area contributed by atoms with Crippen LogP contribution in [0.1, 0.15) is 12.8 Å². The van der Waals surface area contributed by atoms with Crippen molar-refractivity contribution in [1.29, 1.82) is 0 Å². The minimum absolute atomic E-state index is 0.159. The lowest BCUT2D eigenvalue weighted by atomic mass is 10.2. The number of furan rings is 2. The first-order chi connectivity index (χ1) is 11.3. The van der Waals surface area contributed by atoms with Crippen molar-refractivity contribution in [2.45, 2.75) is 18.9 Å². The fraction of sp³-hybridized carbons (Fsp3) is 0.250. The van der Waals surface area contributed by atoms with E-state index in [1.54, 1.807) is 18.6 Å². The van der Waals surface area contributed by atoms with Gasteiger partial charge < -0.3 is 13.6 Å². The van der Waals surface area contributed by atoms with Crippen LogP contribution >= 0.6 is 11.3 Å². The van der Waals surface area contributed by atoms with Crippen LogP contribution in [0, 0.1) is 0 Å². The highest BCUT2D eigenvalue weighted by molar-refractivity contribution is 7.19. The Balaban J connectivity index is 1.66. The molecule has 118 valence electrons. The molecular formula is C16H14N2O4S. The zero-order valence-corrected chi connectivity index (χ0v) is 13.0. The number of thiazole rings is 1. The fourth-order valence-electron chi connectivity index (χ4n) is 2.50. The van der Waals surface area contributed by atoms with Gasteiger partial charge in [-0.05, 0) is 37.1 Å². The van der Waals surface area contributed by atoms with E-state index < -0.39 is 6.10 Å².